The number of aromatic nitrogens is 4. The average Bonchev–Trinajstić information content (AvgIpc) is 3.05. The normalized spacial score (nSPS) is 11.4. The number of fused-ring (bicyclic) bond motifs is 3. The highest BCUT2D eigenvalue weighted by atomic mass is 32.2. The van der Waals surface area contributed by atoms with E-state index in [1.807, 2.05) is 36.6 Å². The van der Waals surface area contributed by atoms with Gasteiger partial charge >= 0.3 is 0 Å². The van der Waals surface area contributed by atoms with Crippen LogP contribution in [-0.4, -0.2) is 25.4 Å². The Kier molecular flexibility index (Phi) is 2.53. The van der Waals surface area contributed by atoms with Gasteiger partial charge in [-0.25, -0.2) is 0 Å². The van der Waals surface area contributed by atoms with Crippen LogP contribution in [0.1, 0.15) is 0 Å². The topological polar surface area (TPSA) is 35.1 Å². The molecule has 0 saturated heterocycles. The minimum absolute atomic E-state index is 0.849. The Hall–Kier alpha value is -2.27. The average molecular weight is 280 g/mol. The van der Waals surface area contributed by atoms with Crippen LogP contribution in [-0.2, 0) is 0 Å². The molecule has 0 bridgehead atoms. The molecule has 0 unspecified atom stereocenters. The lowest BCUT2D eigenvalue weighted by Crippen LogP contribution is -1.94. The molecule has 0 spiro atoms. The number of para-hydroxylation sites is 3. The molecule has 2 aromatic heterocycles. The van der Waals surface area contributed by atoms with Gasteiger partial charge in [0.15, 0.2) is 5.16 Å². The maximum Gasteiger partial charge on any atom is 0.241 e. The molecule has 5 heteroatoms. The van der Waals surface area contributed by atoms with Gasteiger partial charge in [-0.15, -0.1) is 10.2 Å². The fourth-order valence-electron chi connectivity index (χ4n) is 2.53. The largest absolute Gasteiger partial charge is 0.277 e. The summed E-state index contributed by atoms with van der Waals surface area (Å²) in [5.41, 5.74) is 3.36. The highest BCUT2D eigenvalue weighted by molar-refractivity contribution is 7.98. The van der Waals surface area contributed by atoms with Gasteiger partial charge < -0.3 is 0 Å². The van der Waals surface area contributed by atoms with Crippen LogP contribution < -0.4 is 0 Å². The third-order valence-corrected chi connectivity index (χ3v) is 4.01. The number of imidazole rings is 1. The van der Waals surface area contributed by atoms with Crippen molar-refractivity contribution in [2.45, 2.75) is 5.16 Å². The van der Waals surface area contributed by atoms with Crippen molar-refractivity contribution in [2.75, 3.05) is 6.26 Å². The second-order valence-corrected chi connectivity index (χ2v) is 5.26. The number of rotatable bonds is 2. The predicted molar refractivity (Wildman–Crippen MR) is 81.6 cm³/mol. The Balaban J connectivity index is 2.20. The smallest absolute Gasteiger partial charge is 0.241 e. The molecule has 2 aromatic carbocycles. The maximum atomic E-state index is 4.36. The van der Waals surface area contributed by atoms with Crippen LogP contribution >= 0.6 is 11.8 Å². The fraction of sp³-hybridized carbons (Fsp3) is 0.0667. The van der Waals surface area contributed by atoms with E-state index < -0.39 is 0 Å². The first-order valence-electron chi connectivity index (χ1n) is 6.34. The second kappa shape index (κ2) is 4.38. The van der Waals surface area contributed by atoms with Crippen LogP contribution in [0, 0.1) is 0 Å². The van der Waals surface area contributed by atoms with Crippen LogP contribution in [0.25, 0.3) is 22.5 Å². The molecular weight excluding hydrogens is 268 g/mol. The zero-order valence-corrected chi connectivity index (χ0v) is 11.7. The van der Waals surface area contributed by atoms with E-state index in [1.165, 1.54) is 0 Å². The van der Waals surface area contributed by atoms with Crippen molar-refractivity contribution in [3.8, 4) is 5.69 Å². The summed E-state index contributed by atoms with van der Waals surface area (Å²) < 4.78 is 4.25. The van der Waals surface area contributed by atoms with Crippen LogP contribution in [0.15, 0.2) is 59.8 Å². The third kappa shape index (κ3) is 1.50. The van der Waals surface area contributed by atoms with Gasteiger partial charge in [-0.1, -0.05) is 42.1 Å². The van der Waals surface area contributed by atoms with E-state index in [4.69, 9.17) is 0 Å². The predicted octanol–water partition coefficient (Wildman–Crippen LogP) is 3.40. The van der Waals surface area contributed by atoms with Gasteiger partial charge in [-0.2, -0.15) is 0 Å². The Bertz CT molecular complexity index is 892. The number of hydrogen-bond donors (Lipinski definition) is 0. The van der Waals surface area contributed by atoms with Gasteiger partial charge in [0.25, 0.3) is 0 Å². The molecule has 4 nitrogen and oxygen atoms in total. The van der Waals surface area contributed by atoms with Crippen LogP contribution in [0.4, 0.5) is 0 Å². The zero-order chi connectivity index (χ0) is 13.5. The SMILES string of the molecule is CSc1nnc2n(-c3ccccc3)c3ccccc3n12. The number of benzene rings is 2. The van der Waals surface area contributed by atoms with Crippen LogP contribution in [0.2, 0.25) is 0 Å². The highest BCUT2D eigenvalue weighted by Gasteiger charge is 2.16. The maximum absolute atomic E-state index is 4.36. The van der Waals surface area contributed by atoms with E-state index in [1.54, 1.807) is 11.8 Å². The summed E-state index contributed by atoms with van der Waals surface area (Å²) in [6.45, 7) is 0. The van der Waals surface area contributed by atoms with E-state index in [2.05, 4.69) is 43.4 Å². The van der Waals surface area contributed by atoms with Crippen molar-refractivity contribution < 1.29 is 0 Å². The summed E-state index contributed by atoms with van der Waals surface area (Å²) in [5, 5.41) is 9.53. The van der Waals surface area contributed by atoms with Crippen molar-refractivity contribution in [3.63, 3.8) is 0 Å². The van der Waals surface area contributed by atoms with Gasteiger partial charge in [0, 0.05) is 5.69 Å². The van der Waals surface area contributed by atoms with Crippen LogP contribution in [0.3, 0.4) is 0 Å². The van der Waals surface area contributed by atoms with E-state index in [9.17, 15) is 0 Å². The molecule has 0 atom stereocenters. The third-order valence-electron chi connectivity index (χ3n) is 3.38. The van der Waals surface area contributed by atoms with Gasteiger partial charge in [-0.05, 0) is 30.5 Å². The highest BCUT2D eigenvalue weighted by Crippen LogP contribution is 2.27. The Labute approximate surface area is 120 Å². The molecule has 0 N–H and O–H groups in total. The Morgan fingerprint density at radius 2 is 1.55 bits per heavy atom. The first kappa shape index (κ1) is 11.5. The van der Waals surface area contributed by atoms with E-state index in [0.717, 1.165) is 27.7 Å². The van der Waals surface area contributed by atoms with E-state index >= 15 is 0 Å². The molecule has 0 aliphatic rings. The first-order chi connectivity index (χ1) is 9.90. The molecular formula is C15H12N4S. The van der Waals surface area contributed by atoms with Crippen molar-refractivity contribution >= 4 is 28.6 Å². The molecule has 0 fully saturated rings. The zero-order valence-electron chi connectivity index (χ0n) is 10.9. The van der Waals surface area contributed by atoms with E-state index in [0.29, 0.717) is 0 Å². The minimum Gasteiger partial charge on any atom is -0.277 e. The summed E-state index contributed by atoms with van der Waals surface area (Å²) in [5.74, 6) is 0.849. The fourth-order valence-corrected chi connectivity index (χ4v) is 3.02. The van der Waals surface area contributed by atoms with Crippen molar-refractivity contribution in [1.82, 2.24) is 19.2 Å². The summed E-state index contributed by atoms with van der Waals surface area (Å²) in [6.07, 6.45) is 2.02. The molecule has 2 heterocycles. The molecule has 0 amide bonds. The molecule has 4 aromatic rings. The van der Waals surface area contributed by atoms with Gasteiger partial charge in [0.05, 0.1) is 11.0 Å². The summed E-state index contributed by atoms with van der Waals surface area (Å²) in [4.78, 5) is 0. The van der Waals surface area contributed by atoms with Crippen molar-refractivity contribution in [1.29, 1.82) is 0 Å². The molecule has 0 radical (unpaired) electrons. The molecule has 0 saturated carbocycles. The van der Waals surface area contributed by atoms with Gasteiger partial charge in [-0.3, -0.25) is 8.97 Å². The van der Waals surface area contributed by atoms with Gasteiger partial charge in [0.1, 0.15) is 0 Å². The molecule has 0 aliphatic heterocycles. The first-order valence-corrected chi connectivity index (χ1v) is 7.56. The quantitative estimate of drug-likeness (QED) is 0.528. The molecule has 20 heavy (non-hydrogen) atoms. The van der Waals surface area contributed by atoms with E-state index in [-0.39, 0.29) is 0 Å². The minimum atomic E-state index is 0.849. The molecule has 98 valence electrons. The lowest BCUT2D eigenvalue weighted by Gasteiger charge is -2.03. The summed E-state index contributed by atoms with van der Waals surface area (Å²) in [6, 6.07) is 18.6. The van der Waals surface area contributed by atoms with Crippen molar-refractivity contribution in [2.24, 2.45) is 0 Å². The lowest BCUT2D eigenvalue weighted by molar-refractivity contribution is 0.943. The Morgan fingerprint density at radius 3 is 2.30 bits per heavy atom. The van der Waals surface area contributed by atoms with Crippen molar-refractivity contribution in [3.05, 3.63) is 54.6 Å². The number of nitrogens with zero attached hydrogens (tertiary/aromatic N) is 4. The van der Waals surface area contributed by atoms with Gasteiger partial charge in [0.2, 0.25) is 5.78 Å². The summed E-state index contributed by atoms with van der Waals surface area (Å²) in [7, 11) is 0. The molecule has 0 aliphatic carbocycles. The lowest BCUT2D eigenvalue weighted by atomic mass is 10.3. The second-order valence-electron chi connectivity index (χ2n) is 4.48. The Morgan fingerprint density at radius 1 is 0.850 bits per heavy atom. The number of hydrogen-bond acceptors (Lipinski definition) is 3. The number of thioether (sulfide) groups is 1. The monoisotopic (exact) mass is 280 g/mol. The van der Waals surface area contributed by atoms with Crippen LogP contribution in [0.5, 0.6) is 0 Å². The summed E-state index contributed by atoms with van der Waals surface area (Å²) >= 11 is 1.60. The molecule has 4 rings (SSSR count). The standard InChI is InChI=1S/C15H12N4S/c1-20-15-17-16-14-18(11-7-3-2-4-8-11)12-9-5-6-10-13(12)19(14)15/h2-10H,1H3.